The second-order valence-corrected chi connectivity index (χ2v) is 9.87. The van der Waals surface area contributed by atoms with Gasteiger partial charge in [-0.15, -0.1) is 0 Å². The second kappa shape index (κ2) is 9.07. The molecule has 190 valence electrons. The molecule has 0 aliphatic carbocycles. The van der Waals surface area contributed by atoms with Crippen LogP contribution in [0.5, 0.6) is 0 Å². The van der Waals surface area contributed by atoms with Gasteiger partial charge >= 0.3 is 11.9 Å². The maximum Gasteiger partial charge on any atom is 0.336 e. The van der Waals surface area contributed by atoms with Gasteiger partial charge in [0.1, 0.15) is 0 Å². The number of aromatic carboxylic acids is 2. The Kier molecular flexibility index (Phi) is 5.36. The lowest BCUT2D eigenvalue weighted by Crippen LogP contribution is -2.02. The van der Waals surface area contributed by atoms with Gasteiger partial charge < -0.3 is 10.2 Å². The van der Waals surface area contributed by atoms with E-state index in [0.29, 0.717) is 16.3 Å². The third-order valence-corrected chi connectivity index (χ3v) is 7.77. The molecule has 7 aromatic carbocycles. The molecule has 2 N–H and O–H groups in total. The van der Waals surface area contributed by atoms with E-state index in [4.69, 9.17) is 0 Å². The van der Waals surface area contributed by atoms with E-state index in [9.17, 15) is 19.8 Å². The molecule has 0 heterocycles. The van der Waals surface area contributed by atoms with Crippen LogP contribution in [-0.2, 0) is 0 Å². The number of carboxylic acids is 2. The first kappa shape index (κ1) is 23.6. The predicted molar refractivity (Wildman–Crippen MR) is 161 cm³/mol. The van der Waals surface area contributed by atoms with Crippen LogP contribution in [0, 0.1) is 0 Å². The van der Waals surface area contributed by atoms with Gasteiger partial charge in [-0.2, -0.15) is 0 Å². The summed E-state index contributed by atoms with van der Waals surface area (Å²) in [5.41, 5.74) is 3.97. The minimum absolute atomic E-state index is 0.256. The first-order chi connectivity index (χ1) is 19.5. The molecule has 0 unspecified atom stereocenters. The summed E-state index contributed by atoms with van der Waals surface area (Å²) in [5.74, 6) is -1.94. The lowest BCUT2D eigenvalue weighted by atomic mass is 9.82. The van der Waals surface area contributed by atoms with E-state index in [-0.39, 0.29) is 11.1 Å². The highest BCUT2D eigenvalue weighted by Gasteiger charge is 2.23. The van der Waals surface area contributed by atoms with Crippen LogP contribution in [-0.4, -0.2) is 22.2 Å². The first-order valence-electron chi connectivity index (χ1n) is 13.0. The van der Waals surface area contributed by atoms with Crippen molar-refractivity contribution in [1.82, 2.24) is 0 Å². The molecule has 7 aromatic rings. The number of carboxylic acid groups (broad SMARTS) is 2. The molecular weight excluding hydrogens is 496 g/mol. The number of rotatable bonds is 4. The van der Waals surface area contributed by atoms with Crippen molar-refractivity contribution in [2.45, 2.75) is 0 Å². The molecule has 0 bridgehead atoms. The maximum absolute atomic E-state index is 12.8. The Balaban J connectivity index is 1.67. The van der Waals surface area contributed by atoms with E-state index in [2.05, 4.69) is 12.1 Å². The van der Waals surface area contributed by atoms with Crippen LogP contribution < -0.4 is 0 Å². The standard InChI is InChI=1S/C36H22O4/c37-35(38)30-20-19-29(23-11-3-4-12-24(23)30)32-25-13-5-7-15-27(25)33(28-16-8-6-14-26(28)32)31-18-17-21-9-1-2-10-22(21)34(31)36(39)40/h1-20H,(H,37,38)(H,39,40). The number of fused-ring (bicyclic) bond motifs is 4. The number of hydrogen-bond acceptors (Lipinski definition) is 2. The molecule has 4 nitrogen and oxygen atoms in total. The summed E-state index contributed by atoms with van der Waals surface area (Å²) in [4.78, 5) is 24.8. The molecule has 0 aliphatic rings. The van der Waals surface area contributed by atoms with Crippen LogP contribution in [0.2, 0.25) is 0 Å². The summed E-state index contributed by atoms with van der Waals surface area (Å²) in [6.07, 6.45) is 0. The summed E-state index contributed by atoms with van der Waals surface area (Å²) in [5, 5.41) is 27.2. The summed E-state index contributed by atoms with van der Waals surface area (Å²) < 4.78 is 0. The molecule has 7 rings (SSSR count). The topological polar surface area (TPSA) is 74.6 Å². The molecule has 4 heteroatoms. The van der Waals surface area contributed by atoms with Gasteiger partial charge in [0, 0.05) is 0 Å². The molecule has 0 saturated carbocycles. The largest absolute Gasteiger partial charge is 0.478 e. The highest BCUT2D eigenvalue weighted by atomic mass is 16.4. The number of hydrogen-bond donors (Lipinski definition) is 2. The van der Waals surface area contributed by atoms with Crippen LogP contribution in [0.4, 0.5) is 0 Å². The van der Waals surface area contributed by atoms with Gasteiger partial charge in [0.2, 0.25) is 0 Å². The van der Waals surface area contributed by atoms with E-state index < -0.39 is 11.9 Å². The monoisotopic (exact) mass is 518 g/mol. The average molecular weight is 519 g/mol. The minimum atomic E-state index is -0.973. The fourth-order valence-electron chi connectivity index (χ4n) is 6.12. The Hall–Kier alpha value is -5.48. The van der Waals surface area contributed by atoms with Gasteiger partial charge in [-0.1, -0.05) is 115 Å². The van der Waals surface area contributed by atoms with Gasteiger partial charge in [-0.25, -0.2) is 9.59 Å². The predicted octanol–water partition coefficient (Wildman–Crippen LogP) is 9.03. The Morgan fingerprint density at radius 2 is 0.850 bits per heavy atom. The molecule has 0 fully saturated rings. The van der Waals surface area contributed by atoms with E-state index in [0.717, 1.165) is 49.0 Å². The van der Waals surface area contributed by atoms with E-state index in [1.165, 1.54) is 0 Å². The summed E-state index contributed by atoms with van der Waals surface area (Å²) in [6, 6.07) is 38.7. The quantitative estimate of drug-likeness (QED) is 0.228. The number of benzene rings is 7. The van der Waals surface area contributed by atoms with Gasteiger partial charge in [0.05, 0.1) is 11.1 Å². The van der Waals surface area contributed by atoms with Gasteiger partial charge in [-0.05, 0) is 71.4 Å². The SMILES string of the molecule is O=C(O)c1c(-c2c3ccccc3c(-c3ccc(C(=O)O)c4ccccc34)c3ccccc23)ccc2ccccc12. The molecule has 0 saturated heterocycles. The van der Waals surface area contributed by atoms with Crippen LogP contribution in [0.25, 0.3) is 65.3 Å². The lowest BCUT2D eigenvalue weighted by molar-refractivity contribution is 0.0688. The fraction of sp³-hybridized carbons (Fsp3) is 0. The van der Waals surface area contributed by atoms with Gasteiger partial charge in [0.25, 0.3) is 0 Å². The van der Waals surface area contributed by atoms with Crippen molar-refractivity contribution < 1.29 is 19.8 Å². The van der Waals surface area contributed by atoms with Crippen molar-refractivity contribution in [3.63, 3.8) is 0 Å². The Morgan fingerprint density at radius 1 is 0.400 bits per heavy atom. The van der Waals surface area contributed by atoms with Gasteiger partial charge in [-0.3, -0.25) is 0 Å². The highest BCUT2D eigenvalue weighted by Crippen LogP contribution is 2.46. The molecule has 40 heavy (non-hydrogen) atoms. The smallest absolute Gasteiger partial charge is 0.336 e. The van der Waals surface area contributed by atoms with Crippen molar-refractivity contribution >= 4 is 55.0 Å². The van der Waals surface area contributed by atoms with Crippen LogP contribution in [0.15, 0.2) is 121 Å². The van der Waals surface area contributed by atoms with E-state index in [1.54, 1.807) is 6.07 Å². The van der Waals surface area contributed by atoms with Crippen molar-refractivity contribution in [1.29, 1.82) is 0 Å². The highest BCUT2D eigenvalue weighted by molar-refractivity contribution is 6.26. The third kappa shape index (κ3) is 3.47. The van der Waals surface area contributed by atoms with Crippen molar-refractivity contribution in [3.8, 4) is 22.3 Å². The lowest BCUT2D eigenvalue weighted by Gasteiger charge is -2.20. The van der Waals surface area contributed by atoms with Gasteiger partial charge in [0.15, 0.2) is 0 Å². The summed E-state index contributed by atoms with van der Waals surface area (Å²) >= 11 is 0. The molecule has 0 aromatic heterocycles. The molecule has 0 aliphatic heterocycles. The summed E-state index contributed by atoms with van der Waals surface area (Å²) in [6.45, 7) is 0. The Bertz CT molecular complexity index is 2120. The molecule has 0 atom stereocenters. The first-order valence-corrected chi connectivity index (χ1v) is 13.0. The van der Waals surface area contributed by atoms with Crippen molar-refractivity contribution in [3.05, 3.63) is 132 Å². The zero-order valence-corrected chi connectivity index (χ0v) is 21.3. The second-order valence-electron chi connectivity index (χ2n) is 9.87. The number of carbonyl (C=O) groups is 2. The normalized spacial score (nSPS) is 11.4. The Morgan fingerprint density at radius 3 is 1.40 bits per heavy atom. The van der Waals surface area contributed by atoms with E-state index >= 15 is 0 Å². The fourth-order valence-corrected chi connectivity index (χ4v) is 6.12. The molecule has 0 spiro atoms. The van der Waals surface area contributed by atoms with Crippen molar-refractivity contribution in [2.24, 2.45) is 0 Å². The maximum atomic E-state index is 12.8. The third-order valence-electron chi connectivity index (χ3n) is 7.77. The molecule has 0 amide bonds. The van der Waals surface area contributed by atoms with Crippen LogP contribution in [0.3, 0.4) is 0 Å². The van der Waals surface area contributed by atoms with Crippen LogP contribution in [0.1, 0.15) is 20.7 Å². The zero-order chi connectivity index (χ0) is 27.4. The molecule has 0 radical (unpaired) electrons. The van der Waals surface area contributed by atoms with Crippen molar-refractivity contribution in [2.75, 3.05) is 0 Å². The molecular formula is C36H22O4. The average Bonchev–Trinajstić information content (AvgIpc) is 2.98. The minimum Gasteiger partial charge on any atom is -0.478 e. The zero-order valence-electron chi connectivity index (χ0n) is 21.3. The van der Waals surface area contributed by atoms with E-state index in [1.807, 2.05) is 103 Å². The Labute approximate surface area is 229 Å². The van der Waals surface area contributed by atoms with Crippen LogP contribution >= 0.6 is 0 Å². The summed E-state index contributed by atoms with van der Waals surface area (Å²) in [7, 11) is 0.